The zero-order valence-electron chi connectivity index (χ0n) is 32.8. The van der Waals surface area contributed by atoms with Crippen molar-refractivity contribution in [2.45, 2.75) is 44.2 Å². The van der Waals surface area contributed by atoms with E-state index in [4.69, 9.17) is 10.1 Å². The molecule has 3 aromatic heterocycles. The summed E-state index contributed by atoms with van der Waals surface area (Å²) >= 11 is 0. The van der Waals surface area contributed by atoms with Gasteiger partial charge in [-0.1, -0.05) is 18.2 Å². The molecule has 2 aromatic carbocycles. The molecule has 3 saturated heterocycles. The van der Waals surface area contributed by atoms with Gasteiger partial charge >= 0.3 is 0 Å². The number of rotatable bonds is 12. The van der Waals surface area contributed by atoms with Crippen LogP contribution in [0.1, 0.15) is 64.4 Å². The molecule has 0 spiro atoms. The predicted molar refractivity (Wildman–Crippen MR) is 220 cm³/mol. The van der Waals surface area contributed by atoms with Gasteiger partial charge in [0.25, 0.3) is 11.8 Å². The molecule has 5 amide bonds. The van der Waals surface area contributed by atoms with Gasteiger partial charge in [0.1, 0.15) is 29.2 Å². The summed E-state index contributed by atoms with van der Waals surface area (Å²) in [7, 11) is 0. The van der Waals surface area contributed by atoms with Crippen molar-refractivity contribution in [3.8, 4) is 11.4 Å². The number of imidazole rings is 1. The molecule has 308 valence electrons. The first-order valence-corrected chi connectivity index (χ1v) is 20.4. The molecule has 9 rings (SSSR count). The average molecular weight is 814 g/mol. The number of nitrogens with zero attached hydrogens (tertiary/aromatic N) is 8. The number of hydrogen-bond donors (Lipinski definition) is 3. The largest absolute Gasteiger partial charge is 0.385 e. The Labute approximate surface area is 344 Å². The summed E-state index contributed by atoms with van der Waals surface area (Å²) < 4.78 is 15.9. The van der Waals surface area contributed by atoms with Gasteiger partial charge in [-0.2, -0.15) is 0 Å². The Morgan fingerprint density at radius 2 is 1.67 bits per heavy atom. The number of carbonyl (C=O) groups is 5. The van der Waals surface area contributed by atoms with Crippen LogP contribution in [0.4, 0.5) is 21.7 Å². The molecule has 0 saturated carbocycles. The number of fused-ring (bicyclic) bond motifs is 2. The van der Waals surface area contributed by atoms with Crippen LogP contribution in [0.2, 0.25) is 0 Å². The normalized spacial score (nSPS) is 19.6. The Bertz CT molecular complexity index is 2500. The van der Waals surface area contributed by atoms with Crippen molar-refractivity contribution < 1.29 is 28.4 Å². The number of carbonyl (C=O) groups excluding carboxylic acids is 5. The van der Waals surface area contributed by atoms with E-state index in [2.05, 4.69) is 35.6 Å². The Morgan fingerprint density at radius 1 is 0.833 bits per heavy atom. The predicted octanol–water partition coefficient (Wildman–Crippen LogP) is 3.41. The Morgan fingerprint density at radius 3 is 2.50 bits per heavy atom. The number of piperidine rings is 1. The maximum Gasteiger partial charge on any atom is 0.262 e. The van der Waals surface area contributed by atoms with Gasteiger partial charge in [0, 0.05) is 57.9 Å². The van der Waals surface area contributed by atoms with E-state index in [1.54, 1.807) is 36.5 Å². The van der Waals surface area contributed by atoms with Crippen molar-refractivity contribution >= 4 is 52.5 Å². The minimum Gasteiger partial charge on any atom is -0.385 e. The van der Waals surface area contributed by atoms with Crippen LogP contribution >= 0.6 is 0 Å². The highest BCUT2D eigenvalue weighted by Gasteiger charge is 2.44. The Balaban J connectivity index is 0.739. The smallest absolute Gasteiger partial charge is 0.262 e. The molecular weight excluding hydrogens is 770 g/mol. The molecule has 16 nitrogen and oxygen atoms in total. The molecule has 0 aliphatic carbocycles. The molecule has 3 fully saturated rings. The standard InChI is InChI=1S/C43H44FN11O5/c44-28-6-1-5-27(23-28)33-8-3-18-53(33)38-14-13-36-47-25-35(55(36)50-38)32-7-2-9-37(48-32)52-21-19-51(20-22-52)26-40(57)46-17-4-16-45-29-10-11-30-31(24-29)43(60)54(42(30)59)34-12-15-39(56)49-41(34)58/h1-2,5-7,9-11,13-14,23-25,33-34,45H,3-4,8,12,15-22,26H2,(H,46,57)(H,49,56,58). The Kier molecular flexibility index (Phi) is 10.6. The van der Waals surface area contributed by atoms with E-state index in [1.807, 2.05) is 40.9 Å². The molecule has 7 heterocycles. The van der Waals surface area contributed by atoms with Gasteiger partial charge in [0.15, 0.2) is 5.65 Å². The van der Waals surface area contributed by atoms with Crippen molar-refractivity contribution in [1.29, 1.82) is 0 Å². The summed E-state index contributed by atoms with van der Waals surface area (Å²) in [6, 6.07) is 20.6. The second-order valence-electron chi connectivity index (χ2n) is 15.5. The van der Waals surface area contributed by atoms with Crippen LogP contribution in [-0.4, -0.2) is 117 Å². The second-order valence-corrected chi connectivity index (χ2v) is 15.5. The zero-order valence-corrected chi connectivity index (χ0v) is 32.8. The maximum absolute atomic E-state index is 14.1. The molecule has 2 atom stereocenters. The number of imide groups is 2. The van der Waals surface area contributed by atoms with Crippen LogP contribution in [0.25, 0.3) is 17.0 Å². The van der Waals surface area contributed by atoms with Gasteiger partial charge in [-0.3, -0.25) is 39.1 Å². The van der Waals surface area contributed by atoms with Crippen molar-refractivity contribution in [2.24, 2.45) is 0 Å². The topological polar surface area (TPSA) is 177 Å². The number of hydrogen-bond acceptors (Lipinski definition) is 12. The third-order valence-electron chi connectivity index (χ3n) is 11.6. The van der Waals surface area contributed by atoms with Gasteiger partial charge < -0.3 is 20.4 Å². The van der Waals surface area contributed by atoms with Crippen molar-refractivity contribution in [2.75, 3.05) is 67.5 Å². The summed E-state index contributed by atoms with van der Waals surface area (Å²) in [6.07, 6.45) is 4.50. The van der Waals surface area contributed by atoms with Gasteiger partial charge in [-0.15, -0.1) is 5.10 Å². The van der Waals surface area contributed by atoms with Gasteiger partial charge in [-0.25, -0.2) is 18.9 Å². The SMILES string of the molecule is O=C(CN1CCN(c2cccc(-c3cnc4ccc(N5CCCC5c5cccc(F)c5)nn34)n2)CC1)NCCCNc1ccc2c(c1)C(=O)N(C1CCC(=O)NC1=O)C2=O. The first-order chi connectivity index (χ1) is 29.2. The van der Waals surface area contributed by atoms with E-state index in [0.29, 0.717) is 57.0 Å². The van der Waals surface area contributed by atoms with Gasteiger partial charge in [0.05, 0.1) is 35.6 Å². The lowest BCUT2D eigenvalue weighted by atomic mass is 10.0. The molecule has 5 aromatic rings. The summed E-state index contributed by atoms with van der Waals surface area (Å²) in [5.74, 6) is -0.826. The summed E-state index contributed by atoms with van der Waals surface area (Å²) in [5.41, 5.74) is 4.25. The lowest BCUT2D eigenvalue weighted by Gasteiger charge is -2.35. The van der Waals surface area contributed by atoms with Crippen LogP contribution in [0.15, 0.2) is 79.0 Å². The van der Waals surface area contributed by atoms with Crippen molar-refractivity contribution in [3.63, 3.8) is 0 Å². The number of nitrogens with one attached hydrogen (secondary N) is 3. The van der Waals surface area contributed by atoms with Crippen LogP contribution < -0.4 is 25.8 Å². The summed E-state index contributed by atoms with van der Waals surface area (Å²) in [5, 5.41) is 13.4. The van der Waals surface area contributed by atoms with E-state index in [-0.39, 0.29) is 48.3 Å². The quantitative estimate of drug-likeness (QED) is 0.124. The maximum atomic E-state index is 14.1. The third-order valence-corrected chi connectivity index (χ3v) is 11.6. The number of amides is 5. The van der Waals surface area contributed by atoms with Crippen LogP contribution in [-0.2, 0) is 14.4 Å². The highest BCUT2D eigenvalue weighted by molar-refractivity contribution is 6.23. The number of halogens is 1. The lowest BCUT2D eigenvalue weighted by molar-refractivity contribution is -0.136. The highest BCUT2D eigenvalue weighted by atomic mass is 19.1. The number of aromatic nitrogens is 4. The number of piperazine rings is 1. The lowest BCUT2D eigenvalue weighted by Crippen LogP contribution is -2.54. The molecule has 0 bridgehead atoms. The van der Waals surface area contributed by atoms with E-state index in [0.717, 1.165) is 52.9 Å². The fraction of sp³-hybridized carbons (Fsp3) is 0.349. The minimum absolute atomic E-state index is 0.0449. The number of pyridine rings is 1. The number of anilines is 3. The van der Waals surface area contributed by atoms with Gasteiger partial charge in [0.2, 0.25) is 17.7 Å². The molecule has 4 aliphatic heterocycles. The fourth-order valence-corrected chi connectivity index (χ4v) is 8.56. The van der Waals surface area contributed by atoms with E-state index >= 15 is 0 Å². The Hall–Kier alpha value is -6.75. The minimum atomic E-state index is -1.01. The first kappa shape index (κ1) is 38.8. The van der Waals surface area contributed by atoms with E-state index in [1.165, 1.54) is 6.07 Å². The van der Waals surface area contributed by atoms with Crippen LogP contribution in [0.3, 0.4) is 0 Å². The molecule has 60 heavy (non-hydrogen) atoms. The van der Waals surface area contributed by atoms with Crippen molar-refractivity contribution in [3.05, 3.63) is 102 Å². The first-order valence-electron chi connectivity index (χ1n) is 20.4. The second kappa shape index (κ2) is 16.5. The fourth-order valence-electron chi connectivity index (χ4n) is 8.56. The monoisotopic (exact) mass is 813 g/mol. The van der Waals surface area contributed by atoms with Crippen molar-refractivity contribution in [1.82, 2.24) is 40.0 Å². The third kappa shape index (κ3) is 7.75. The molecule has 3 N–H and O–H groups in total. The molecule has 17 heteroatoms. The molecular formula is C43H44FN11O5. The van der Waals surface area contributed by atoms with Gasteiger partial charge in [-0.05, 0) is 85.8 Å². The van der Waals surface area contributed by atoms with E-state index in [9.17, 15) is 28.4 Å². The summed E-state index contributed by atoms with van der Waals surface area (Å²) in [6.45, 7) is 4.90. The number of benzene rings is 2. The van der Waals surface area contributed by atoms with E-state index < -0.39 is 29.7 Å². The molecule has 4 aliphatic rings. The highest BCUT2D eigenvalue weighted by Crippen LogP contribution is 2.36. The average Bonchev–Trinajstić information content (AvgIpc) is 3.98. The zero-order chi connectivity index (χ0) is 41.3. The molecule has 2 unspecified atom stereocenters. The van der Waals surface area contributed by atoms with Crippen LogP contribution in [0, 0.1) is 5.82 Å². The summed E-state index contributed by atoms with van der Waals surface area (Å²) in [4.78, 5) is 79.9. The molecule has 0 radical (unpaired) electrons. The van der Waals surface area contributed by atoms with Crippen LogP contribution in [0.5, 0.6) is 0 Å².